The van der Waals surface area contributed by atoms with Crippen LogP contribution in [0.2, 0.25) is 0 Å². The molecule has 0 aromatic rings. The number of nitrogens with two attached hydrogens (primary N) is 1. The number of nitrogens with one attached hydrogen (secondary N) is 1. The minimum atomic E-state index is -3.76. The van der Waals surface area contributed by atoms with Crippen LogP contribution in [0.15, 0.2) is 0 Å². The van der Waals surface area contributed by atoms with Crippen LogP contribution in [0.1, 0.15) is 27.2 Å². The summed E-state index contributed by atoms with van der Waals surface area (Å²) in [5.41, 5.74) is -0.743. The number of alkyl carbamates (subject to hydrolysis) is 1. The molecule has 0 bridgehead atoms. The van der Waals surface area contributed by atoms with Crippen LogP contribution in [0.3, 0.4) is 0 Å². The third-order valence-electron chi connectivity index (χ3n) is 3.21. The molecule has 11 heteroatoms. The Hall–Kier alpha value is -1.88. The van der Waals surface area contributed by atoms with Gasteiger partial charge in [-0.05, 0) is 20.8 Å². The lowest BCUT2D eigenvalue weighted by Crippen LogP contribution is -2.50. The first-order valence-corrected chi connectivity index (χ1v) is 8.99. The van der Waals surface area contributed by atoms with Crippen molar-refractivity contribution in [3.8, 4) is 0 Å². The number of sulfonamides is 1. The number of carboxylic acids is 1. The zero-order valence-corrected chi connectivity index (χ0v) is 14.6. The van der Waals surface area contributed by atoms with Gasteiger partial charge in [-0.1, -0.05) is 0 Å². The standard InChI is InChI=1S/C13H23N3O7S/c1-13(2,3)23-12(20)15-5-9(11(18)19)16-6-8(4-10(16)17)7-24(14,21)22/h8-9H,4-7H2,1-3H3,(H,15,20)(H,18,19)(H2,14,21,22)/t8?,9-/m1/s1. The van der Waals surface area contributed by atoms with Gasteiger partial charge in [0.15, 0.2) is 0 Å². The normalized spacial score (nSPS) is 19.9. The average Bonchev–Trinajstić information content (AvgIpc) is 2.65. The van der Waals surface area contributed by atoms with Gasteiger partial charge in [0.05, 0.1) is 12.3 Å². The molecule has 10 nitrogen and oxygen atoms in total. The topological polar surface area (TPSA) is 156 Å². The molecular weight excluding hydrogens is 342 g/mol. The molecule has 0 aliphatic carbocycles. The van der Waals surface area contributed by atoms with Crippen LogP contribution in [-0.4, -0.2) is 66.9 Å². The van der Waals surface area contributed by atoms with E-state index >= 15 is 0 Å². The molecule has 2 amide bonds. The van der Waals surface area contributed by atoms with Crippen LogP contribution in [0.25, 0.3) is 0 Å². The van der Waals surface area contributed by atoms with Gasteiger partial charge in [0.2, 0.25) is 15.9 Å². The van der Waals surface area contributed by atoms with E-state index < -0.39 is 51.3 Å². The largest absolute Gasteiger partial charge is 0.480 e. The lowest BCUT2D eigenvalue weighted by Gasteiger charge is -2.26. The first-order chi connectivity index (χ1) is 10.8. The third-order valence-corrected chi connectivity index (χ3v) is 4.14. The van der Waals surface area contributed by atoms with Crippen LogP contribution in [0.4, 0.5) is 4.79 Å². The van der Waals surface area contributed by atoms with Crippen molar-refractivity contribution in [3.05, 3.63) is 0 Å². The van der Waals surface area contributed by atoms with Crippen LogP contribution in [0, 0.1) is 5.92 Å². The van der Waals surface area contributed by atoms with E-state index in [1.165, 1.54) is 0 Å². The molecule has 0 aromatic heterocycles. The molecule has 1 fully saturated rings. The summed E-state index contributed by atoms with van der Waals surface area (Å²) in [6.45, 7) is 4.57. The van der Waals surface area contributed by atoms with Gasteiger partial charge in [-0.15, -0.1) is 0 Å². The molecular formula is C13H23N3O7S. The van der Waals surface area contributed by atoms with Crippen molar-refractivity contribution in [2.45, 2.75) is 38.8 Å². The highest BCUT2D eigenvalue weighted by Crippen LogP contribution is 2.21. The number of carboxylic acid groups (broad SMARTS) is 1. The Kier molecular flexibility index (Phi) is 6.17. The Bertz CT molecular complexity index is 612. The number of nitrogens with zero attached hydrogens (tertiary/aromatic N) is 1. The van der Waals surface area contributed by atoms with E-state index in [-0.39, 0.29) is 19.5 Å². The van der Waals surface area contributed by atoms with E-state index in [1.807, 2.05) is 0 Å². The Morgan fingerprint density at radius 1 is 1.46 bits per heavy atom. The second-order valence-corrected chi connectivity index (χ2v) is 8.34. The second-order valence-electron chi connectivity index (χ2n) is 6.68. The zero-order valence-electron chi connectivity index (χ0n) is 13.8. The van der Waals surface area contributed by atoms with Gasteiger partial charge in [0.1, 0.15) is 11.6 Å². The number of primary sulfonamides is 1. The third kappa shape index (κ3) is 6.71. The summed E-state index contributed by atoms with van der Waals surface area (Å²) in [6.07, 6.45) is -0.909. The monoisotopic (exact) mass is 365 g/mol. The lowest BCUT2D eigenvalue weighted by molar-refractivity contribution is -0.148. The molecule has 1 rings (SSSR count). The number of carbonyl (C=O) groups is 3. The summed E-state index contributed by atoms with van der Waals surface area (Å²) in [6, 6.07) is -1.31. The molecule has 1 aliphatic rings. The van der Waals surface area contributed by atoms with Crippen LogP contribution in [-0.2, 0) is 24.3 Å². The first-order valence-electron chi connectivity index (χ1n) is 7.28. The van der Waals surface area contributed by atoms with E-state index in [1.54, 1.807) is 20.8 Å². The van der Waals surface area contributed by atoms with Crippen molar-refractivity contribution in [1.29, 1.82) is 0 Å². The van der Waals surface area contributed by atoms with Crippen molar-refractivity contribution < 1.29 is 32.6 Å². The predicted octanol–water partition coefficient (Wildman–Crippen LogP) is -0.899. The SMILES string of the molecule is CC(C)(C)OC(=O)NC[C@H](C(=O)O)N1CC(CS(N)(=O)=O)CC1=O. The number of ether oxygens (including phenoxy) is 1. The zero-order chi connectivity index (χ0) is 18.7. The van der Waals surface area contributed by atoms with E-state index in [0.717, 1.165) is 4.90 Å². The maximum Gasteiger partial charge on any atom is 0.407 e. The van der Waals surface area contributed by atoms with Crippen molar-refractivity contribution in [3.63, 3.8) is 0 Å². The van der Waals surface area contributed by atoms with Gasteiger partial charge in [-0.3, -0.25) is 4.79 Å². The maximum atomic E-state index is 12.0. The van der Waals surface area contributed by atoms with Crippen LogP contribution < -0.4 is 10.5 Å². The Labute approximate surface area is 140 Å². The van der Waals surface area contributed by atoms with Gasteiger partial charge in [-0.25, -0.2) is 23.1 Å². The van der Waals surface area contributed by atoms with Crippen LogP contribution >= 0.6 is 0 Å². The molecule has 24 heavy (non-hydrogen) atoms. The predicted molar refractivity (Wildman–Crippen MR) is 83.5 cm³/mol. The highest BCUT2D eigenvalue weighted by Gasteiger charge is 2.39. The highest BCUT2D eigenvalue weighted by molar-refractivity contribution is 7.89. The average molecular weight is 365 g/mol. The number of likely N-dealkylation sites (tertiary alicyclic amines) is 1. The summed E-state index contributed by atoms with van der Waals surface area (Å²) in [5, 5.41) is 16.5. The number of hydrogen-bond acceptors (Lipinski definition) is 6. The number of rotatable bonds is 6. The van der Waals surface area contributed by atoms with E-state index in [2.05, 4.69) is 5.32 Å². The quantitative estimate of drug-likeness (QED) is 0.550. The molecule has 0 aromatic carbocycles. The molecule has 1 saturated heterocycles. The minimum Gasteiger partial charge on any atom is -0.480 e. The minimum absolute atomic E-state index is 0.0533. The number of hydrogen-bond donors (Lipinski definition) is 3. The Morgan fingerprint density at radius 3 is 2.50 bits per heavy atom. The van der Waals surface area contributed by atoms with Gasteiger partial charge < -0.3 is 20.1 Å². The molecule has 2 atom stereocenters. The lowest BCUT2D eigenvalue weighted by atomic mass is 10.1. The second kappa shape index (κ2) is 7.34. The Balaban J connectivity index is 2.70. The fourth-order valence-electron chi connectivity index (χ4n) is 2.37. The smallest absolute Gasteiger partial charge is 0.407 e. The summed E-state index contributed by atoms with van der Waals surface area (Å²) >= 11 is 0. The van der Waals surface area contributed by atoms with Crippen molar-refractivity contribution >= 4 is 28.0 Å². The van der Waals surface area contributed by atoms with Gasteiger partial charge in [-0.2, -0.15) is 0 Å². The van der Waals surface area contributed by atoms with E-state index in [4.69, 9.17) is 9.88 Å². The molecule has 1 heterocycles. The number of aliphatic carboxylic acids is 1. The van der Waals surface area contributed by atoms with Gasteiger partial charge in [0.25, 0.3) is 0 Å². The number of amides is 2. The first kappa shape index (κ1) is 20.2. The molecule has 138 valence electrons. The summed E-state index contributed by atoms with van der Waals surface area (Å²) in [4.78, 5) is 36.0. The van der Waals surface area contributed by atoms with E-state index in [9.17, 15) is 27.9 Å². The molecule has 1 unspecified atom stereocenters. The molecule has 0 radical (unpaired) electrons. The fourth-order valence-corrected chi connectivity index (χ4v) is 3.26. The summed E-state index contributed by atoms with van der Waals surface area (Å²) in [7, 11) is -3.76. The number of carbonyl (C=O) groups excluding carboxylic acids is 2. The molecule has 1 aliphatic heterocycles. The van der Waals surface area contributed by atoms with Crippen molar-refractivity contribution in [1.82, 2.24) is 10.2 Å². The molecule has 4 N–H and O–H groups in total. The van der Waals surface area contributed by atoms with Crippen molar-refractivity contribution in [2.75, 3.05) is 18.8 Å². The van der Waals surface area contributed by atoms with Crippen LogP contribution in [0.5, 0.6) is 0 Å². The highest BCUT2D eigenvalue weighted by atomic mass is 32.2. The Morgan fingerprint density at radius 2 is 2.04 bits per heavy atom. The maximum absolute atomic E-state index is 12.0. The van der Waals surface area contributed by atoms with Crippen molar-refractivity contribution in [2.24, 2.45) is 11.1 Å². The molecule has 0 spiro atoms. The fraction of sp³-hybridized carbons (Fsp3) is 0.769. The van der Waals surface area contributed by atoms with E-state index in [0.29, 0.717) is 0 Å². The van der Waals surface area contributed by atoms with Gasteiger partial charge >= 0.3 is 12.1 Å². The molecule has 0 saturated carbocycles. The summed E-state index contributed by atoms with van der Waals surface area (Å²) < 4.78 is 27.2. The van der Waals surface area contributed by atoms with Gasteiger partial charge in [0, 0.05) is 18.9 Å². The summed E-state index contributed by atoms with van der Waals surface area (Å²) in [5.74, 6) is -2.78.